The average Bonchev–Trinajstić information content (AvgIpc) is 2.51. The highest BCUT2D eigenvalue weighted by atomic mass is 19.1. The van der Waals surface area contributed by atoms with Crippen LogP contribution in [0.2, 0.25) is 0 Å². The predicted octanol–water partition coefficient (Wildman–Crippen LogP) is 3.16. The number of hydrogen-bond donors (Lipinski definition) is 2. The molecule has 0 aliphatic heterocycles. The Morgan fingerprint density at radius 2 is 1.82 bits per heavy atom. The average molecular weight is 302 g/mol. The number of aromatic nitrogens is 2. The number of rotatable bonds is 3. The van der Waals surface area contributed by atoms with Gasteiger partial charge in [-0.15, -0.1) is 0 Å². The minimum atomic E-state index is -0.467. The van der Waals surface area contributed by atoms with Crippen molar-refractivity contribution in [3.63, 3.8) is 0 Å². The van der Waals surface area contributed by atoms with Crippen molar-refractivity contribution < 1.29 is 9.13 Å². The highest BCUT2D eigenvalue weighted by Crippen LogP contribution is 2.31. The molecule has 0 atom stereocenters. The fourth-order valence-corrected chi connectivity index (χ4v) is 2.77. The molecule has 0 bridgehead atoms. The summed E-state index contributed by atoms with van der Waals surface area (Å²) in [7, 11) is 0. The van der Waals surface area contributed by atoms with Crippen LogP contribution in [0, 0.1) is 5.82 Å². The quantitative estimate of drug-likeness (QED) is 0.909. The van der Waals surface area contributed by atoms with Crippen LogP contribution >= 0.6 is 0 Å². The van der Waals surface area contributed by atoms with Crippen LogP contribution in [-0.4, -0.2) is 16.1 Å². The largest absolute Gasteiger partial charge is 0.474 e. The lowest BCUT2D eigenvalue weighted by atomic mass is 9.98. The Kier molecular flexibility index (Phi) is 4.09. The third-order valence-corrected chi connectivity index (χ3v) is 3.91. The maximum absolute atomic E-state index is 13.3. The van der Waals surface area contributed by atoms with E-state index >= 15 is 0 Å². The van der Waals surface area contributed by atoms with E-state index in [4.69, 9.17) is 16.2 Å². The van der Waals surface area contributed by atoms with Gasteiger partial charge in [-0.25, -0.2) is 9.37 Å². The van der Waals surface area contributed by atoms with Gasteiger partial charge in [0.15, 0.2) is 0 Å². The summed E-state index contributed by atoms with van der Waals surface area (Å²) in [5.41, 5.74) is 12.8. The summed E-state index contributed by atoms with van der Waals surface area (Å²) in [5, 5.41) is 0. The van der Waals surface area contributed by atoms with Crippen molar-refractivity contribution in [1.29, 1.82) is 0 Å². The molecule has 1 fully saturated rings. The van der Waals surface area contributed by atoms with Crippen LogP contribution in [0.25, 0.3) is 11.1 Å². The Labute approximate surface area is 128 Å². The SMILES string of the molecule is Nc1ncc(F)cc1-c1ccc(OC2CCCCC2)nc1N. The van der Waals surface area contributed by atoms with Crippen LogP contribution in [-0.2, 0) is 0 Å². The van der Waals surface area contributed by atoms with E-state index in [9.17, 15) is 4.39 Å². The van der Waals surface area contributed by atoms with E-state index in [-0.39, 0.29) is 17.7 Å². The van der Waals surface area contributed by atoms with Crippen LogP contribution in [0.4, 0.5) is 16.0 Å². The number of halogens is 1. The number of nitrogens with two attached hydrogens (primary N) is 2. The zero-order valence-electron chi connectivity index (χ0n) is 12.3. The van der Waals surface area contributed by atoms with Crippen molar-refractivity contribution in [3.8, 4) is 17.0 Å². The van der Waals surface area contributed by atoms with Gasteiger partial charge in [0.05, 0.1) is 6.20 Å². The molecule has 5 nitrogen and oxygen atoms in total. The molecule has 0 saturated heterocycles. The van der Waals surface area contributed by atoms with Crippen LogP contribution < -0.4 is 16.2 Å². The lowest BCUT2D eigenvalue weighted by molar-refractivity contribution is 0.149. The minimum Gasteiger partial charge on any atom is -0.474 e. The van der Waals surface area contributed by atoms with Crippen LogP contribution in [0.15, 0.2) is 24.4 Å². The molecular formula is C16H19FN4O. The Hall–Kier alpha value is -2.37. The van der Waals surface area contributed by atoms with Gasteiger partial charge in [-0.2, -0.15) is 4.98 Å². The van der Waals surface area contributed by atoms with Crippen molar-refractivity contribution in [2.24, 2.45) is 0 Å². The fourth-order valence-electron chi connectivity index (χ4n) is 2.77. The molecule has 1 aliphatic carbocycles. The summed E-state index contributed by atoms with van der Waals surface area (Å²) < 4.78 is 19.2. The molecule has 0 radical (unpaired) electrons. The van der Waals surface area contributed by atoms with Crippen LogP contribution in [0.3, 0.4) is 0 Å². The zero-order valence-corrected chi connectivity index (χ0v) is 12.3. The van der Waals surface area contributed by atoms with Gasteiger partial charge in [0.1, 0.15) is 23.6 Å². The number of nitrogen functional groups attached to an aromatic ring is 2. The molecule has 0 aromatic carbocycles. The number of anilines is 2. The normalized spacial score (nSPS) is 15.7. The Morgan fingerprint density at radius 1 is 1.05 bits per heavy atom. The molecule has 22 heavy (non-hydrogen) atoms. The molecule has 3 rings (SSSR count). The lowest BCUT2D eigenvalue weighted by Gasteiger charge is -2.22. The number of pyridine rings is 2. The second-order valence-corrected chi connectivity index (χ2v) is 5.55. The minimum absolute atomic E-state index is 0.201. The van der Waals surface area contributed by atoms with E-state index in [2.05, 4.69) is 9.97 Å². The van der Waals surface area contributed by atoms with Gasteiger partial charge in [-0.1, -0.05) is 6.42 Å². The van der Waals surface area contributed by atoms with Crippen molar-refractivity contribution in [3.05, 3.63) is 30.2 Å². The van der Waals surface area contributed by atoms with E-state index in [1.165, 1.54) is 25.3 Å². The lowest BCUT2D eigenvalue weighted by Crippen LogP contribution is -2.20. The van der Waals surface area contributed by atoms with Crippen LogP contribution in [0.5, 0.6) is 5.88 Å². The molecular weight excluding hydrogens is 283 g/mol. The van der Waals surface area contributed by atoms with Gasteiger partial charge >= 0.3 is 0 Å². The van der Waals surface area contributed by atoms with Gasteiger partial charge in [0.2, 0.25) is 5.88 Å². The Morgan fingerprint density at radius 3 is 2.55 bits per heavy atom. The summed E-state index contributed by atoms with van der Waals surface area (Å²) in [5.74, 6) is 0.505. The summed E-state index contributed by atoms with van der Waals surface area (Å²) in [4.78, 5) is 8.06. The molecule has 0 amide bonds. The molecule has 4 N–H and O–H groups in total. The topological polar surface area (TPSA) is 87.0 Å². The van der Waals surface area contributed by atoms with Gasteiger partial charge in [-0.05, 0) is 37.8 Å². The highest BCUT2D eigenvalue weighted by Gasteiger charge is 2.17. The predicted molar refractivity (Wildman–Crippen MR) is 83.8 cm³/mol. The van der Waals surface area contributed by atoms with Crippen molar-refractivity contribution in [2.45, 2.75) is 38.2 Å². The number of hydrogen-bond acceptors (Lipinski definition) is 5. The third kappa shape index (κ3) is 3.10. The molecule has 1 saturated carbocycles. The molecule has 116 valence electrons. The Bertz CT molecular complexity index is 671. The Balaban J connectivity index is 1.84. The molecule has 2 aromatic heterocycles. The second-order valence-electron chi connectivity index (χ2n) is 5.55. The first kappa shape index (κ1) is 14.6. The van der Waals surface area contributed by atoms with E-state index in [1.54, 1.807) is 12.1 Å². The standard InChI is InChI=1S/C16H19FN4O/c17-10-8-13(15(18)20-9-10)12-6-7-14(21-16(12)19)22-11-4-2-1-3-5-11/h6-9,11H,1-5H2,(H2,18,20)(H2,19,21). The first-order valence-corrected chi connectivity index (χ1v) is 7.48. The van der Waals surface area contributed by atoms with Gasteiger partial charge in [0, 0.05) is 17.2 Å². The molecule has 1 aliphatic rings. The summed E-state index contributed by atoms with van der Waals surface area (Å²) in [6, 6.07) is 4.79. The first-order valence-electron chi connectivity index (χ1n) is 7.48. The summed E-state index contributed by atoms with van der Waals surface area (Å²) in [6.45, 7) is 0. The van der Waals surface area contributed by atoms with E-state index < -0.39 is 5.82 Å². The molecule has 0 spiro atoms. The molecule has 6 heteroatoms. The van der Waals surface area contributed by atoms with Gasteiger partial charge in [-0.3, -0.25) is 0 Å². The smallest absolute Gasteiger partial charge is 0.215 e. The van der Waals surface area contributed by atoms with Crippen molar-refractivity contribution in [1.82, 2.24) is 9.97 Å². The van der Waals surface area contributed by atoms with Crippen molar-refractivity contribution in [2.75, 3.05) is 11.5 Å². The van der Waals surface area contributed by atoms with Crippen LogP contribution in [0.1, 0.15) is 32.1 Å². The van der Waals surface area contributed by atoms with Gasteiger partial charge in [0.25, 0.3) is 0 Å². The van der Waals surface area contributed by atoms with Gasteiger partial charge < -0.3 is 16.2 Å². The second kappa shape index (κ2) is 6.17. The third-order valence-electron chi connectivity index (χ3n) is 3.91. The summed E-state index contributed by atoms with van der Waals surface area (Å²) in [6.07, 6.45) is 7.00. The zero-order chi connectivity index (χ0) is 15.5. The van der Waals surface area contributed by atoms with E-state index in [1.807, 2.05) is 0 Å². The fraction of sp³-hybridized carbons (Fsp3) is 0.375. The van der Waals surface area contributed by atoms with E-state index in [0.717, 1.165) is 19.0 Å². The molecule has 0 unspecified atom stereocenters. The maximum Gasteiger partial charge on any atom is 0.215 e. The van der Waals surface area contributed by atoms with E-state index in [0.29, 0.717) is 17.0 Å². The maximum atomic E-state index is 13.3. The number of ether oxygens (including phenoxy) is 1. The molecule has 2 heterocycles. The monoisotopic (exact) mass is 302 g/mol. The highest BCUT2D eigenvalue weighted by molar-refractivity contribution is 5.80. The number of nitrogens with zero attached hydrogens (tertiary/aromatic N) is 2. The molecule has 2 aromatic rings. The summed E-state index contributed by atoms with van der Waals surface area (Å²) >= 11 is 0. The van der Waals surface area contributed by atoms with Crippen molar-refractivity contribution >= 4 is 11.6 Å². The first-order chi connectivity index (χ1) is 10.6.